The molecule has 0 unspecified atom stereocenters. The van der Waals surface area contributed by atoms with E-state index in [1.165, 1.54) is 5.56 Å². The molecule has 0 radical (unpaired) electrons. The minimum Gasteiger partial charge on any atom is -0.370 e. The zero-order valence-corrected chi connectivity index (χ0v) is 16.8. The molecule has 1 aliphatic rings. The minimum atomic E-state index is -0.00970. The summed E-state index contributed by atoms with van der Waals surface area (Å²) in [5, 5.41) is 3.24. The van der Waals surface area contributed by atoms with Crippen LogP contribution in [0.1, 0.15) is 35.2 Å². The largest absolute Gasteiger partial charge is 0.370 e. The lowest BCUT2D eigenvalue weighted by Crippen LogP contribution is -2.48. The van der Waals surface area contributed by atoms with Crippen LogP contribution in [0.25, 0.3) is 6.08 Å². The molecule has 1 aliphatic heterocycles. The fraction of sp³-hybridized carbons (Fsp3) is 0.409. The smallest absolute Gasteiger partial charge is 0.272 e. The molecule has 0 saturated carbocycles. The topological polar surface area (TPSA) is 61.4 Å². The Hall–Kier alpha value is -2.73. The molecule has 0 aliphatic carbocycles. The summed E-state index contributed by atoms with van der Waals surface area (Å²) in [6, 6.07) is 12.1. The van der Waals surface area contributed by atoms with Crippen LogP contribution in [0.3, 0.4) is 0 Å². The Kier molecular flexibility index (Phi) is 7.14. The van der Waals surface area contributed by atoms with Crippen LogP contribution in [-0.4, -0.2) is 64.9 Å². The highest BCUT2D eigenvalue weighted by molar-refractivity contribution is 5.93. The van der Waals surface area contributed by atoms with Crippen molar-refractivity contribution < 1.29 is 4.79 Å². The van der Waals surface area contributed by atoms with Gasteiger partial charge in [-0.2, -0.15) is 0 Å². The molecule has 1 amide bonds. The lowest BCUT2D eigenvalue weighted by molar-refractivity contribution is 0.0644. The van der Waals surface area contributed by atoms with Gasteiger partial charge in [0, 0.05) is 45.3 Å². The maximum absolute atomic E-state index is 12.9. The molecule has 1 N–H and O–H groups in total. The van der Waals surface area contributed by atoms with Crippen LogP contribution < -0.4 is 5.32 Å². The van der Waals surface area contributed by atoms with Gasteiger partial charge in [-0.15, -0.1) is 0 Å². The maximum Gasteiger partial charge on any atom is 0.272 e. The predicted molar refractivity (Wildman–Crippen MR) is 113 cm³/mol. The maximum atomic E-state index is 12.9. The summed E-state index contributed by atoms with van der Waals surface area (Å²) in [4.78, 5) is 25.8. The van der Waals surface area contributed by atoms with Gasteiger partial charge in [0.1, 0.15) is 17.3 Å². The van der Waals surface area contributed by atoms with Crippen LogP contribution in [0.15, 0.2) is 42.5 Å². The van der Waals surface area contributed by atoms with E-state index >= 15 is 0 Å². The lowest BCUT2D eigenvalue weighted by atomic mass is 10.2. The zero-order valence-electron chi connectivity index (χ0n) is 16.8. The second kappa shape index (κ2) is 9.99. The monoisotopic (exact) mass is 379 g/mol. The van der Waals surface area contributed by atoms with Gasteiger partial charge in [-0.3, -0.25) is 9.69 Å². The van der Waals surface area contributed by atoms with Crippen LogP contribution in [0, 0.1) is 6.92 Å². The number of hydrogen-bond donors (Lipinski definition) is 1. The zero-order chi connectivity index (χ0) is 19.8. The molecule has 6 heteroatoms. The number of amides is 1. The van der Waals surface area contributed by atoms with E-state index in [0.29, 0.717) is 11.5 Å². The van der Waals surface area contributed by atoms with Crippen molar-refractivity contribution in [1.29, 1.82) is 0 Å². The fourth-order valence-corrected chi connectivity index (χ4v) is 3.22. The van der Waals surface area contributed by atoms with Crippen LogP contribution >= 0.6 is 0 Å². The molecular weight excluding hydrogens is 350 g/mol. The molecule has 6 nitrogen and oxygen atoms in total. The molecule has 2 heterocycles. The Bertz CT molecular complexity index is 798. The molecule has 2 aromatic rings. The van der Waals surface area contributed by atoms with Gasteiger partial charge < -0.3 is 10.2 Å². The molecular formula is C22H29N5O. The number of carbonyl (C=O) groups is 1. The second-order valence-electron chi connectivity index (χ2n) is 7.02. The quantitative estimate of drug-likeness (QED) is 0.801. The van der Waals surface area contributed by atoms with E-state index in [1.807, 2.05) is 30.0 Å². The first-order valence-corrected chi connectivity index (χ1v) is 9.98. The van der Waals surface area contributed by atoms with E-state index in [9.17, 15) is 4.79 Å². The van der Waals surface area contributed by atoms with E-state index in [2.05, 4.69) is 51.4 Å². The number of rotatable bonds is 7. The van der Waals surface area contributed by atoms with E-state index < -0.39 is 0 Å². The van der Waals surface area contributed by atoms with Gasteiger partial charge in [-0.25, -0.2) is 9.97 Å². The third-order valence-corrected chi connectivity index (χ3v) is 4.75. The molecule has 3 rings (SSSR count). The first-order chi connectivity index (χ1) is 13.7. The van der Waals surface area contributed by atoms with Crippen LogP contribution in [-0.2, 0) is 0 Å². The van der Waals surface area contributed by atoms with Crippen molar-refractivity contribution in [2.75, 3.05) is 44.6 Å². The summed E-state index contributed by atoms with van der Waals surface area (Å²) >= 11 is 0. The van der Waals surface area contributed by atoms with Crippen molar-refractivity contribution in [2.45, 2.75) is 20.3 Å². The Morgan fingerprint density at radius 2 is 1.89 bits per heavy atom. The average Bonchev–Trinajstić information content (AvgIpc) is 2.72. The molecule has 28 heavy (non-hydrogen) atoms. The number of aryl methyl sites for hydroxylation is 1. The van der Waals surface area contributed by atoms with Crippen LogP contribution in [0.2, 0.25) is 0 Å². The van der Waals surface area contributed by atoms with Crippen LogP contribution in [0.5, 0.6) is 0 Å². The first kappa shape index (κ1) is 20.0. The second-order valence-corrected chi connectivity index (χ2v) is 7.02. The highest BCUT2D eigenvalue weighted by Crippen LogP contribution is 2.12. The average molecular weight is 380 g/mol. The van der Waals surface area contributed by atoms with Gasteiger partial charge in [0.15, 0.2) is 0 Å². The van der Waals surface area contributed by atoms with Crippen molar-refractivity contribution in [1.82, 2.24) is 19.8 Å². The molecule has 0 bridgehead atoms. The number of piperazine rings is 1. The molecule has 1 fully saturated rings. The Morgan fingerprint density at radius 3 is 2.61 bits per heavy atom. The van der Waals surface area contributed by atoms with Gasteiger partial charge in [0.25, 0.3) is 5.91 Å². The number of carbonyl (C=O) groups excluding carboxylic acids is 1. The molecule has 1 aromatic heterocycles. The molecule has 1 saturated heterocycles. The Morgan fingerprint density at radius 1 is 1.14 bits per heavy atom. The van der Waals surface area contributed by atoms with Crippen molar-refractivity contribution >= 4 is 17.8 Å². The van der Waals surface area contributed by atoms with Crippen molar-refractivity contribution in [3.63, 3.8) is 0 Å². The van der Waals surface area contributed by atoms with Gasteiger partial charge in [0.05, 0.1) is 0 Å². The fourth-order valence-electron chi connectivity index (χ4n) is 3.22. The van der Waals surface area contributed by atoms with Crippen molar-refractivity contribution in [2.24, 2.45) is 0 Å². The van der Waals surface area contributed by atoms with E-state index in [4.69, 9.17) is 0 Å². The summed E-state index contributed by atoms with van der Waals surface area (Å²) in [5.41, 5.74) is 1.69. The Labute approximate surface area is 167 Å². The summed E-state index contributed by atoms with van der Waals surface area (Å²) in [7, 11) is 0. The van der Waals surface area contributed by atoms with Gasteiger partial charge in [0.2, 0.25) is 0 Å². The summed E-state index contributed by atoms with van der Waals surface area (Å²) in [6.45, 7) is 8.84. The number of benzene rings is 1. The number of aromatic nitrogens is 2. The molecule has 1 aromatic carbocycles. The Balaban J connectivity index is 1.52. The van der Waals surface area contributed by atoms with Crippen LogP contribution in [0.4, 0.5) is 5.82 Å². The van der Waals surface area contributed by atoms with Crippen molar-refractivity contribution in [3.05, 3.63) is 59.6 Å². The third-order valence-electron chi connectivity index (χ3n) is 4.75. The highest BCUT2D eigenvalue weighted by Gasteiger charge is 2.23. The van der Waals surface area contributed by atoms with Gasteiger partial charge in [-0.1, -0.05) is 49.4 Å². The lowest BCUT2D eigenvalue weighted by Gasteiger charge is -2.34. The summed E-state index contributed by atoms with van der Waals surface area (Å²) in [6.07, 6.45) is 5.34. The predicted octanol–water partition coefficient (Wildman–Crippen LogP) is 3.08. The molecule has 0 spiro atoms. The highest BCUT2D eigenvalue weighted by atomic mass is 16.2. The van der Waals surface area contributed by atoms with Gasteiger partial charge >= 0.3 is 0 Å². The number of nitrogens with one attached hydrogen (secondary N) is 1. The van der Waals surface area contributed by atoms with Crippen molar-refractivity contribution in [3.8, 4) is 0 Å². The van der Waals surface area contributed by atoms with Gasteiger partial charge in [-0.05, 0) is 18.9 Å². The number of nitrogens with zero attached hydrogens (tertiary/aromatic N) is 4. The number of anilines is 1. The van der Waals surface area contributed by atoms with E-state index in [1.54, 1.807) is 6.07 Å². The normalized spacial score (nSPS) is 15.1. The third kappa shape index (κ3) is 5.63. The number of hydrogen-bond acceptors (Lipinski definition) is 5. The minimum absolute atomic E-state index is 0.00970. The SMILES string of the molecule is CCCNc1cc(C(=O)N2CCN(C/C=C/c3ccccc3)CC2)nc(C)n1. The summed E-state index contributed by atoms with van der Waals surface area (Å²) < 4.78 is 0. The summed E-state index contributed by atoms with van der Waals surface area (Å²) in [5.74, 6) is 1.33. The van der Waals surface area contributed by atoms with E-state index in [-0.39, 0.29) is 5.91 Å². The molecule has 148 valence electrons. The first-order valence-electron chi connectivity index (χ1n) is 9.98. The molecule has 0 atom stereocenters. The standard InChI is InChI=1S/C22H29N5O/c1-3-11-23-21-17-20(24-18(2)25-21)22(28)27-15-13-26(14-16-27)12-7-10-19-8-5-4-6-9-19/h4-10,17H,3,11-16H2,1-2H3,(H,23,24,25)/b10-7+. The van der Waals surface area contributed by atoms with E-state index in [0.717, 1.165) is 51.5 Å².